The van der Waals surface area contributed by atoms with Gasteiger partial charge in [-0.15, -0.1) is 0 Å². The van der Waals surface area contributed by atoms with E-state index in [0.29, 0.717) is 0 Å². The van der Waals surface area contributed by atoms with Gasteiger partial charge in [0.25, 0.3) is 0 Å². The van der Waals surface area contributed by atoms with Gasteiger partial charge in [-0.25, -0.2) is 9.59 Å². The molecule has 0 fully saturated rings. The van der Waals surface area contributed by atoms with Crippen molar-refractivity contribution in [1.29, 1.82) is 0 Å². The van der Waals surface area contributed by atoms with Crippen LogP contribution in [0.3, 0.4) is 0 Å². The number of aliphatic carboxylic acids is 1. The van der Waals surface area contributed by atoms with Gasteiger partial charge in [0.15, 0.2) is 0 Å². The number of nitrogens with two attached hydrogens (primary N) is 1. The second kappa shape index (κ2) is 4.52. The molecule has 0 bridgehead atoms. The molecule has 8 heteroatoms. The number of halogens is 3. The molecule has 0 aliphatic carbocycles. The molecule has 0 aromatic carbocycles. The summed E-state index contributed by atoms with van der Waals surface area (Å²) in [6.07, 6.45) is -6.87. The lowest BCUT2D eigenvalue weighted by atomic mass is 9.96. The van der Waals surface area contributed by atoms with Crippen molar-refractivity contribution in [3.63, 3.8) is 0 Å². The topological polar surface area (TPSA) is 89.6 Å². The zero-order valence-corrected chi connectivity index (χ0v) is 9.59. The zero-order valence-electron chi connectivity index (χ0n) is 9.59. The van der Waals surface area contributed by atoms with Gasteiger partial charge in [-0.1, -0.05) is 0 Å². The first-order valence-electron chi connectivity index (χ1n) is 4.60. The predicted octanol–water partition coefficient (Wildman–Crippen LogP) is 1.06. The number of carboxylic acid groups (broad SMARTS) is 1. The molecule has 3 N–H and O–H groups in total. The summed E-state index contributed by atoms with van der Waals surface area (Å²) in [5.74, 6) is -3.70. The van der Waals surface area contributed by atoms with Gasteiger partial charge < -0.3 is 15.6 Å². The number of hydrogen-bond acceptors (Lipinski definition) is 4. The molecule has 0 saturated carbocycles. The quantitative estimate of drug-likeness (QED) is 0.583. The summed E-state index contributed by atoms with van der Waals surface area (Å²) in [6, 6.07) is 0. The Morgan fingerprint density at radius 3 is 1.88 bits per heavy atom. The molecule has 17 heavy (non-hydrogen) atoms. The van der Waals surface area contributed by atoms with E-state index < -0.39 is 35.7 Å². The normalized spacial score (nSPS) is 16.2. The Morgan fingerprint density at radius 2 is 1.65 bits per heavy atom. The maximum atomic E-state index is 12.2. The summed E-state index contributed by atoms with van der Waals surface area (Å²) >= 11 is 0. The Morgan fingerprint density at radius 1 is 1.24 bits per heavy atom. The van der Waals surface area contributed by atoms with Gasteiger partial charge in [-0.05, 0) is 20.8 Å². The number of alkyl halides is 3. The minimum atomic E-state index is -4.88. The van der Waals surface area contributed by atoms with Crippen molar-refractivity contribution in [3.8, 4) is 0 Å². The van der Waals surface area contributed by atoms with E-state index in [4.69, 9.17) is 10.8 Å². The summed E-state index contributed by atoms with van der Waals surface area (Å²) in [7, 11) is 0. The highest BCUT2D eigenvalue weighted by Gasteiger charge is 2.53. The summed E-state index contributed by atoms with van der Waals surface area (Å²) in [5, 5.41) is 8.64. The molecule has 0 aliphatic heterocycles. The highest BCUT2D eigenvalue weighted by molar-refractivity contribution is 6.04. The van der Waals surface area contributed by atoms with Crippen LogP contribution >= 0.6 is 0 Å². The third-order valence-corrected chi connectivity index (χ3v) is 1.62. The van der Waals surface area contributed by atoms with E-state index in [1.54, 1.807) is 0 Å². The number of carbonyl (C=O) groups excluding carboxylic acids is 1. The van der Waals surface area contributed by atoms with Crippen molar-refractivity contribution in [3.05, 3.63) is 0 Å². The lowest BCUT2D eigenvalue weighted by Crippen LogP contribution is -2.59. The minimum absolute atomic E-state index is 1.12. The average molecular weight is 257 g/mol. The van der Waals surface area contributed by atoms with Gasteiger partial charge in [-0.2, -0.15) is 13.2 Å². The van der Waals surface area contributed by atoms with Gasteiger partial charge in [0.05, 0.1) is 6.42 Å². The molecule has 5 nitrogen and oxygen atoms in total. The fourth-order valence-corrected chi connectivity index (χ4v) is 0.920. The van der Waals surface area contributed by atoms with Crippen molar-refractivity contribution in [2.45, 2.75) is 44.5 Å². The fourth-order valence-electron chi connectivity index (χ4n) is 0.920. The van der Waals surface area contributed by atoms with Gasteiger partial charge in [-0.3, -0.25) is 0 Å². The first-order valence-corrected chi connectivity index (χ1v) is 4.60. The molecule has 0 saturated heterocycles. The fraction of sp³-hybridized carbons (Fsp3) is 0.778. The lowest BCUT2D eigenvalue weighted by molar-refractivity contribution is -0.187. The Balaban J connectivity index is 5.10. The van der Waals surface area contributed by atoms with E-state index in [0.717, 1.165) is 0 Å². The highest BCUT2D eigenvalue weighted by atomic mass is 19.4. The van der Waals surface area contributed by atoms with Crippen LogP contribution in [0.2, 0.25) is 0 Å². The summed E-state index contributed by atoms with van der Waals surface area (Å²) in [6.45, 7) is 4.17. The second-order valence-corrected chi connectivity index (χ2v) is 4.57. The summed E-state index contributed by atoms with van der Waals surface area (Å²) < 4.78 is 41.0. The first-order chi connectivity index (χ1) is 7.28. The standard InChI is InChI=1S/C9H14F3NO4/c1-7(2,3)17-6(16)8(13,5(14)15)4-9(10,11)12/h4,13H2,1-3H3,(H,14,15)/t8-/m0/s1. The van der Waals surface area contributed by atoms with E-state index >= 15 is 0 Å². The van der Waals surface area contributed by atoms with Gasteiger partial charge in [0.1, 0.15) is 5.60 Å². The molecular formula is C9H14F3NO4. The van der Waals surface area contributed by atoms with Crippen LogP contribution in [0.15, 0.2) is 0 Å². The first kappa shape index (κ1) is 15.7. The second-order valence-electron chi connectivity index (χ2n) is 4.57. The number of esters is 1. The molecule has 100 valence electrons. The largest absolute Gasteiger partial charge is 0.479 e. The van der Waals surface area contributed by atoms with Crippen LogP contribution in [-0.2, 0) is 14.3 Å². The van der Waals surface area contributed by atoms with E-state index in [2.05, 4.69) is 4.74 Å². The predicted molar refractivity (Wildman–Crippen MR) is 51.1 cm³/mol. The van der Waals surface area contributed by atoms with Crippen LogP contribution in [0.4, 0.5) is 13.2 Å². The number of rotatable bonds is 3. The molecule has 0 radical (unpaired) electrons. The molecule has 0 spiro atoms. The van der Waals surface area contributed by atoms with Gasteiger partial charge >= 0.3 is 18.1 Å². The smallest absolute Gasteiger partial charge is 0.392 e. The lowest BCUT2D eigenvalue weighted by Gasteiger charge is -2.28. The minimum Gasteiger partial charge on any atom is -0.479 e. The molecule has 0 heterocycles. The summed E-state index contributed by atoms with van der Waals surface area (Å²) in [4.78, 5) is 22.1. The molecule has 0 rings (SSSR count). The molecular weight excluding hydrogens is 243 g/mol. The number of carboxylic acids is 1. The molecule has 0 aromatic rings. The average Bonchev–Trinajstić information content (AvgIpc) is 1.96. The maximum Gasteiger partial charge on any atom is 0.392 e. The zero-order chi connectivity index (χ0) is 14.1. The van der Waals surface area contributed by atoms with Crippen LogP contribution in [0.1, 0.15) is 27.2 Å². The molecule has 1 atom stereocenters. The summed E-state index contributed by atoms with van der Waals surface area (Å²) in [5.41, 5.74) is 0.742. The highest BCUT2D eigenvalue weighted by Crippen LogP contribution is 2.28. The van der Waals surface area contributed by atoms with Crippen molar-refractivity contribution in [2.75, 3.05) is 0 Å². The Hall–Kier alpha value is -1.31. The Kier molecular flexibility index (Phi) is 4.17. The van der Waals surface area contributed by atoms with Crippen molar-refractivity contribution >= 4 is 11.9 Å². The van der Waals surface area contributed by atoms with Crippen LogP contribution < -0.4 is 5.73 Å². The third kappa shape index (κ3) is 5.03. The van der Waals surface area contributed by atoms with E-state index in [-0.39, 0.29) is 0 Å². The van der Waals surface area contributed by atoms with Crippen LogP contribution in [0.25, 0.3) is 0 Å². The van der Waals surface area contributed by atoms with E-state index in [9.17, 15) is 22.8 Å². The van der Waals surface area contributed by atoms with E-state index in [1.165, 1.54) is 20.8 Å². The number of ether oxygens (including phenoxy) is 1. The molecule has 0 amide bonds. The van der Waals surface area contributed by atoms with E-state index in [1.807, 2.05) is 0 Å². The Bertz CT molecular complexity index is 321. The van der Waals surface area contributed by atoms with Crippen LogP contribution in [0, 0.1) is 0 Å². The van der Waals surface area contributed by atoms with Crippen molar-refractivity contribution in [1.82, 2.24) is 0 Å². The van der Waals surface area contributed by atoms with Gasteiger partial charge in [0.2, 0.25) is 5.54 Å². The maximum absolute atomic E-state index is 12.2. The van der Waals surface area contributed by atoms with Crippen LogP contribution in [0.5, 0.6) is 0 Å². The Labute approximate surface area is 95.7 Å². The van der Waals surface area contributed by atoms with Gasteiger partial charge in [0, 0.05) is 0 Å². The molecule has 0 unspecified atom stereocenters. The van der Waals surface area contributed by atoms with Crippen molar-refractivity contribution < 1.29 is 32.6 Å². The number of hydrogen-bond donors (Lipinski definition) is 2. The monoisotopic (exact) mass is 257 g/mol. The number of carbonyl (C=O) groups is 2. The third-order valence-electron chi connectivity index (χ3n) is 1.62. The molecule has 0 aromatic heterocycles. The van der Waals surface area contributed by atoms with Crippen molar-refractivity contribution in [2.24, 2.45) is 5.73 Å². The SMILES string of the molecule is CC(C)(C)OC(=O)[C@](N)(CC(F)(F)F)C(=O)O. The molecule has 0 aliphatic rings. The van der Waals surface area contributed by atoms with Crippen LogP contribution in [-0.4, -0.2) is 34.4 Å².